The Bertz CT molecular complexity index is 790. The third-order valence-corrected chi connectivity index (χ3v) is 3.99. The molecule has 2 aromatic carbocycles. The fraction of sp³-hybridized carbons (Fsp3) is 0.316. The zero-order valence-electron chi connectivity index (χ0n) is 13.9. The van der Waals surface area contributed by atoms with Crippen molar-refractivity contribution in [3.8, 4) is 11.5 Å². The molecule has 0 spiro atoms. The molecule has 0 radical (unpaired) electrons. The van der Waals surface area contributed by atoms with Crippen molar-refractivity contribution < 1.29 is 27.4 Å². The molecule has 7 heteroatoms. The molecule has 26 heavy (non-hydrogen) atoms. The Morgan fingerprint density at radius 3 is 2.54 bits per heavy atom. The van der Waals surface area contributed by atoms with Crippen LogP contribution in [0.2, 0.25) is 0 Å². The van der Waals surface area contributed by atoms with Crippen LogP contribution in [0, 0.1) is 0 Å². The summed E-state index contributed by atoms with van der Waals surface area (Å²) in [6, 6.07) is 10.5. The molecule has 1 heterocycles. The van der Waals surface area contributed by atoms with Gasteiger partial charge in [0.1, 0.15) is 13.2 Å². The molecule has 0 aliphatic carbocycles. The molecule has 0 bridgehead atoms. The standard InChI is InChI=1S/C19H18F3NO3/c20-19(21,22)15-3-1-2-14(10-15)12-23-18(24)7-5-13-4-6-16-17(11-13)26-9-8-25-16/h1-4,6,10-11H,5,7-9,12H2,(H,23,24). The quantitative estimate of drug-likeness (QED) is 0.878. The lowest BCUT2D eigenvalue weighted by molar-refractivity contribution is -0.137. The first kappa shape index (κ1) is 18.1. The maximum absolute atomic E-state index is 12.7. The number of fused-ring (bicyclic) bond motifs is 1. The normalized spacial score (nSPS) is 13.3. The van der Waals surface area contributed by atoms with Gasteiger partial charge in [-0.15, -0.1) is 0 Å². The molecule has 1 N–H and O–H groups in total. The van der Waals surface area contributed by atoms with E-state index in [0.717, 1.165) is 17.7 Å². The Labute approximate surface area is 148 Å². The Balaban J connectivity index is 1.50. The Morgan fingerprint density at radius 1 is 1.00 bits per heavy atom. The number of halogens is 3. The average Bonchev–Trinajstić information content (AvgIpc) is 2.64. The summed E-state index contributed by atoms with van der Waals surface area (Å²) in [5, 5.41) is 2.65. The number of benzene rings is 2. The van der Waals surface area contributed by atoms with Crippen molar-refractivity contribution in [2.24, 2.45) is 0 Å². The van der Waals surface area contributed by atoms with Crippen molar-refractivity contribution in [2.45, 2.75) is 25.6 Å². The van der Waals surface area contributed by atoms with Crippen molar-refractivity contribution in [2.75, 3.05) is 13.2 Å². The van der Waals surface area contributed by atoms with Gasteiger partial charge in [0.2, 0.25) is 5.91 Å². The van der Waals surface area contributed by atoms with E-state index in [1.54, 1.807) is 6.07 Å². The largest absolute Gasteiger partial charge is 0.486 e. The molecule has 0 fully saturated rings. The number of nitrogens with one attached hydrogen (secondary N) is 1. The van der Waals surface area contributed by atoms with Crippen molar-refractivity contribution in [3.05, 3.63) is 59.2 Å². The van der Waals surface area contributed by atoms with Gasteiger partial charge in [0.15, 0.2) is 11.5 Å². The molecule has 138 valence electrons. The van der Waals surface area contributed by atoms with Gasteiger partial charge in [-0.2, -0.15) is 13.2 Å². The lowest BCUT2D eigenvalue weighted by Crippen LogP contribution is -2.23. The van der Waals surface area contributed by atoms with Crippen LogP contribution in [0.25, 0.3) is 0 Å². The monoisotopic (exact) mass is 365 g/mol. The predicted octanol–water partition coefficient (Wildman–Crippen LogP) is 3.73. The summed E-state index contributed by atoms with van der Waals surface area (Å²) in [7, 11) is 0. The van der Waals surface area contributed by atoms with Gasteiger partial charge in [-0.3, -0.25) is 4.79 Å². The topological polar surface area (TPSA) is 47.6 Å². The first-order valence-corrected chi connectivity index (χ1v) is 8.23. The van der Waals surface area contributed by atoms with Gasteiger partial charge >= 0.3 is 6.18 Å². The molecule has 1 aliphatic rings. The van der Waals surface area contributed by atoms with Gasteiger partial charge in [0, 0.05) is 13.0 Å². The number of alkyl halides is 3. The minimum absolute atomic E-state index is 0.0594. The van der Waals surface area contributed by atoms with Crippen LogP contribution in [0.4, 0.5) is 13.2 Å². The Kier molecular flexibility index (Phi) is 5.35. The third kappa shape index (κ3) is 4.68. The highest BCUT2D eigenvalue weighted by Crippen LogP contribution is 2.31. The van der Waals surface area contributed by atoms with E-state index in [1.807, 2.05) is 18.2 Å². The van der Waals surface area contributed by atoms with Crippen LogP contribution in [0.3, 0.4) is 0 Å². The van der Waals surface area contributed by atoms with E-state index < -0.39 is 11.7 Å². The van der Waals surface area contributed by atoms with E-state index in [-0.39, 0.29) is 18.9 Å². The maximum Gasteiger partial charge on any atom is 0.416 e. The minimum atomic E-state index is -4.39. The maximum atomic E-state index is 12.7. The van der Waals surface area contributed by atoms with Gasteiger partial charge < -0.3 is 14.8 Å². The van der Waals surface area contributed by atoms with Gasteiger partial charge in [0.05, 0.1) is 5.56 Å². The number of rotatable bonds is 5. The first-order valence-electron chi connectivity index (χ1n) is 8.23. The molecule has 1 amide bonds. The summed E-state index contributed by atoms with van der Waals surface area (Å²) < 4.78 is 49.0. The van der Waals surface area contributed by atoms with Crippen LogP contribution in [0.1, 0.15) is 23.1 Å². The number of amides is 1. The fourth-order valence-corrected chi connectivity index (χ4v) is 2.65. The summed E-state index contributed by atoms with van der Waals surface area (Å²) in [4.78, 5) is 12.0. The van der Waals surface area contributed by atoms with E-state index >= 15 is 0 Å². The molecule has 2 aromatic rings. The molecule has 0 atom stereocenters. The number of aryl methyl sites for hydroxylation is 1. The summed E-state index contributed by atoms with van der Waals surface area (Å²) in [6.07, 6.45) is -3.65. The number of ether oxygens (including phenoxy) is 2. The van der Waals surface area contributed by atoms with Crippen LogP contribution in [-0.4, -0.2) is 19.1 Å². The molecule has 4 nitrogen and oxygen atoms in total. The highest BCUT2D eigenvalue weighted by molar-refractivity contribution is 5.76. The molecule has 1 aliphatic heterocycles. The zero-order chi connectivity index (χ0) is 18.6. The average molecular weight is 365 g/mol. The smallest absolute Gasteiger partial charge is 0.416 e. The van der Waals surface area contributed by atoms with Gasteiger partial charge in [-0.05, 0) is 41.8 Å². The predicted molar refractivity (Wildman–Crippen MR) is 89.0 cm³/mol. The number of carbonyl (C=O) groups is 1. The molecular weight excluding hydrogens is 347 g/mol. The lowest BCUT2D eigenvalue weighted by Gasteiger charge is -2.18. The number of hydrogen-bond donors (Lipinski definition) is 1. The van der Waals surface area contributed by atoms with Crippen LogP contribution in [0.15, 0.2) is 42.5 Å². The zero-order valence-corrected chi connectivity index (χ0v) is 13.9. The number of hydrogen-bond acceptors (Lipinski definition) is 3. The van der Waals surface area contributed by atoms with E-state index in [2.05, 4.69) is 5.32 Å². The van der Waals surface area contributed by atoms with E-state index in [1.165, 1.54) is 6.07 Å². The second kappa shape index (κ2) is 7.68. The Morgan fingerprint density at radius 2 is 1.77 bits per heavy atom. The first-order chi connectivity index (χ1) is 12.4. The highest BCUT2D eigenvalue weighted by atomic mass is 19.4. The van der Waals surface area contributed by atoms with Crippen LogP contribution in [-0.2, 0) is 23.9 Å². The van der Waals surface area contributed by atoms with Crippen molar-refractivity contribution in [1.82, 2.24) is 5.32 Å². The summed E-state index contributed by atoms with van der Waals surface area (Å²) in [5.41, 5.74) is 0.622. The SMILES string of the molecule is O=C(CCc1ccc2c(c1)OCCO2)NCc1cccc(C(F)(F)F)c1. The molecule has 0 saturated carbocycles. The third-order valence-electron chi connectivity index (χ3n) is 3.99. The Hall–Kier alpha value is -2.70. The number of carbonyl (C=O) groups excluding carboxylic acids is 1. The molecule has 0 aromatic heterocycles. The van der Waals surface area contributed by atoms with Crippen molar-refractivity contribution >= 4 is 5.91 Å². The van der Waals surface area contributed by atoms with Crippen LogP contribution >= 0.6 is 0 Å². The molecular formula is C19H18F3NO3. The van der Waals surface area contributed by atoms with E-state index in [9.17, 15) is 18.0 Å². The summed E-state index contributed by atoms with van der Waals surface area (Å²) >= 11 is 0. The molecule has 0 saturated heterocycles. The second-order valence-corrected chi connectivity index (χ2v) is 5.95. The van der Waals surface area contributed by atoms with Gasteiger partial charge in [0.25, 0.3) is 0 Å². The van der Waals surface area contributed by atoms with Gasteiger partial charge in [-0.1, -0.05) is 18.2 Å². The lowest BCUT2D eigenvalue weighted by atomic mass is 10.1. The van der Waals surface area contributed by atoms with Crippen molar-refractivity contribution in [1.29, 1.82) is 0 Å². The fourth-order valence-electron chi connectivity index (χ4n) is 2.65. The van der Waals surface area contributed by atoms with Crippen LogP contribution < -0.4 is 14.8 Å². The summed E-state index contributed by atoms with van der Waals surface area (Å²) in [5.74, 6) is 1.13. The second-order valence-electron chi connectivity index (χ2n) is 5.95. The molecule has 0 unspecified atom stereocenters. The highest BCUT2D eigenvalue weighted by Gasteiger charge is 2.30. The van der Waals surface area contributed by atoms with E-state index in [4.69, 9.17) is 9.47 Å². The summed E-state index contributed by atoms with van der Waals surface area (Å²) in [6.45, 7) is 1.07. The minimum Gasteiger partial charge on any atom is -0.486 e. The van der Waals surface area contributed by atoms with Crippen molar-refractivity contribution in [3.63, 3.8) is 0 Å². The van der Waals surface area contributed by atoms with Crippen LogP contribution in [0.5, 0.6) is 11.5 Å². The van der Waals surface area contributed by atoms with Gasteiger partial charge in [-0.25, -0.2) is 0 Å². The molecule has 3 rings (SSSR count). The van der Waals surface area contributed by atoms with E-state index in [0.29, 0.717) is 36.7 Å².